The third-order valence-electron chi connectivity index (χ3n) is 4.05. The first kappa shape index (κ1) is 15.0. The number of phenolic OH excluding ortho intramolecular Hbond substituents is 4. The predicted molar refractivity (Wildman–Crippen MR) is 93.7 cm³/mol. The molecule has 124 valence electrons. The summed E-state index contributed by atoms with van der Waals surface area (Å²) in [4.78, 5) is 0. The highest BCUT2D eigenvalue weighted by Crippen LogP contribution is 2.40. The van der Waals surface area contributed by atoms with Crippen molar-refractivity contribution in [3.05, 3.63) is 60.7 Å². The molecule has 0 atom stereocenters. The zero-order valence-corrected chi connectivity index (χ0v) is 13.0. The molecule has 5 nitrogen and oxygen atoms in total. The molecule has 0 bridgehead atoms. The van der Waals surface area contributed by atoms with Gasteiger partial charge in [-0.1, -0.05) is 18.2 Å². The summed E-state index contributed by atoms with van der Waals surface area (Å²) >= 11 is 0. The fourth-order valence-corrected chi connectivity index (χ4v) is 2.80. The van der Waals surface area contributed by atoms with Crippen molar-refractivity contribution in [3.63, 3.8) is 0 Å². The van der Waals surface area contributed by atoms with E-state index in [1.54, 1.807) is 24.3 Å². The smallest absolute Gasteiger partial charge is 0.200 e. The highest BCUT2D eigenvalue weighted by molar-refractivity contribution is 5.87. The number of fused-ring (bicyclic) bond motifs is 1. The van der Waals surface area contributed by atoms with Gasteiger partial charge in [-0.3, -0.25) is 0 Å². The highest BCUT2D eigenvalue weighted by atomic mass is 16.3. The van der Waals surface area contributed by atoms with Crippen LogP contribution in [0.5, 0.6) is 23.0 Å². The average Bonchev–Trinajstić information content (AvgIpc) is 3.02. The van der Waals surface area contributed by atoms with Gasteiger partial charge >= 0.3 is 0 Å². The van der Waals surface area contributed by atoms with Gasteiger partial charge in [0.05, 0.1) is 0 Å². The van der Waals surface area contributed by atoms with Crippen molar-refractivity contribution in [1.29, 1.82) is 0 Å². The molecule has 4 N–H and O–H groups in total. The Hall–Kier alpha value is -3.60. The summed E-state index contributed by atoms with van der Waals surface area (Å²) in [6.45, 7) is 0. The quantitative estimate of drug-likeness (QED) is 0.402. The maximum Gasteiger partial charge on any atom is 0.200 e. The van der Waals surface area contributed by atoms with Crippen LogP contribution >= 0.6 is 0 Å². The molecule has 0 saturated carbocycles. The molecule has 0 aliphatic rings. The summed E-state index contributed by atoms with van der Waals surface area (Å²) < 4.78 is 5.77. The first-order valence-electron chi connectivity index (χ1n) is 7.59. The van der Waals surface area contributed by atoms with Crippen molar-refractivity contribution in [3.8, 4) is 45.4 Å². The van der Waals surface area contributed by atoms with E-state index in [1.807, 2.05) is 24.3 Å². The molecule has 0 amide bonds. The van der Waals surface area contributed by atoms with Gasteiger partial charge in [0.15, 0.2) is 17.2 Å². The van der Waals surface area contributed by atoms with Gasteiger partial charge in [-0.2, -0.15) is 0 Å². The molecule has 0 aliphatic heterocycles. The van der Waals surface area contributed by atoms with Crippen LogP contribution in [0.25, 0.3) is 33.4 Å². The summed E-state index contributed by atoms with van der Waals surface area (Å²) in [5.74, 6) is -0.757. The maximum absolute atomic E-state index is 9.66. The SMILES string of the molecule is Oc1cccc(-c2ccc3oc(-c4cc(O)c(O)c(O)c4)cc3c2)c1. The van der Waals surface area contributed by atoms with Gasteiger partial charge in [-0.25, -0.2) is 0 Å². The van der Waals surface area contributed by atoms with Crippen LogP contribution in [0.3, 0.4) is 0 Å². The van der Waals surface area contributed by atoms with Crippen LogP contribution in [-0.4, -0.2) is 20.4 Å². The second-order valence-electron chi connectivity index (χ2n) is 5.78. The van der Waals surface area contributed by atoms with E-state index in [-0.39, 0.29) is 5.75 Å². The zero-order valence-electron chi connectivity index (χ0n) is 13.0. The van der Waals surface area contributed by atoms with E-state index in [4.69, 9.17) is 4.42 Å². The lowest BCUT2D eigenvalue weighted by Gasteiger charge is -2.03. The summed E-state index contributed by atoms with van der Waals surface area (Å²) in [6, 6.07) is 17.0. The van der Waals surface area contributed by atoms with Crippen molar-refractivity contribution in [1.82, 2.24) is 0 Å². The Balaban J connectivity index is 1.81. The van der Waals surface area contributed by atoms with Crippen LogP contribution in [-0.2, 0) is 0 Å². The number of hydrogen-bond acceptors (Lipinski definition) is 5. The van der Waals surface area contributed by atoms with Crippen LogP contribution in [0, 0.1) is 0 Å². The van der Waals surface area contributed by atoms with Gasteiger partial charge in [0.25, 0.3) is 0 Å². The van der Waals surface area contributed by atoms with Crippen LogP contribution in [0.1, 0.15) is 0 Å². The van der Waals surface area contributed by atoms with Crippen molar-refractivity contribution < 1.29 is 24.8 Å². The summed E-state index contributed by atoms with van der Waals surface area (Å²) in [5.41, 5.74) is 2.89. The number of rotatable bonds is 2. The molecule has 0 saturated heterocycles. The van der Waals surface area contributed by atoms with Crippen LogP contribution in [0.2, 0.25) is 0 Å². The molecule has 25 heavy (non-hydrogen) atoms. The predicted octanol–water partition coefficient (Wildman–Crippen LogP) is 4.59. The molecule has 3 aromatic carbocycles. The van der Waals surface area contributed by atoms with Gasteiger partial charge in [-0.15, -0.1) is 0 Å². The Bertz CT molecular complexity index is 1070. The van der Waals surface area contributed by atoms with E-state index in [0.717, 1.165) is 16.5 Å². The monoisotopic (exact) mass is 334 g/mol. The molecule has 4 rings (SSSR count). The van der Waals surface area contributed by atoms with Crippen molar-refractivity contribution in [2.45, 2.75) is 0 Å². The van der Waals surface area contributed by atoms with E-state index in [2.05, 4.69) is 0 Å². The zero-order chi connectivity index (χ0) is 17.6. The first-order chi connectivity index (χ1) is 12.0. The number of benzene rings is 3. The van der Waals surface area contributed by atoms with Crippen LogP contribution in [0.4, 0.5) is 0 Å². The molecule has 0 radical (unpaired) electrons. The Morgan fingerprint density at radius 3 is 2.08 bits per heavy atom. The molecule has 0 aliphatic carbocycles. The maximum atomic E-state index is 9.66. The van der Waals surface area contributed by atoms with Gasteiger partial charge < -0.3 is 24.8 Å². The van der Waals surface area contributed by atoms with Gasteiger partial charge in [-0.05, 0) is 53.6 Å². The Morgan fingerprint density at radius 2 is 1.36 bits per heavy atom. The Kier molecular flexibility index (Phi) is 3.28. The van der Waals surface area contributed by atoms with Crippen LogP contribution in [0.15, 0.2) is 65.1 Å². The number of furan rings is 1. The molecule has 0 spiro atoms. The van der Waals surface area contributed by atoms with Crippen molar-refractivity contribution >= 4 is 11.0 Å². The van der Waals surface area contributed by atoms with Gasteiger partial charge in [0.1, 0.15) is 17.1 Å². The molecular formula is C20H14O5. The Labute approximate surface area is 142 Å². The van der Waals surface area contributed by atoms with E-state index in [9.17, 15) is 20.4 Å². The lowest BCUT2D eigenvalue weighted by molar-refractivity contribution is 0.368. The number of aromatic hydroxyl groups is 4. The minimum atomic E-state index is -0.564. The van der Waals surface area contributed by atoms with E-state index in [0.29, 0.717) is 16.9 Å². The molecular weight excluding hydrogens is 320 g/mol. The normalized spacial score (nSPS) is 11.0. The number of phenols is 4. The Morgan fingerprint density at radius 1 is 0.640 bits per heavy atom. The molecule has 0 unspecified atom stereocenters. The van der Waals surface area contributed by atoms with Crippen molar-refractivity contribution in [2.75, 3.05) is 0 Å². The third-order valence-corrected chi connectivity index (χ3v) is 4.05. The van der Waals surface area contributed by atoms with Crippen LogP contribution < -0.4 is 0 Å². The van der Waals surface area contributed by atoms with E-state index >= 15 is 0 Å². The second kappa shape index (κ2) is 5.49. The largest absolute Gasteiger partial charge is 0.508 e. The van der Waals surface area contributed by atoms with E-state index < -0.39 is 17.2 Å². The second-order valence-corrected chi connectivity index (χ2v) is 5.78. The van der Waals surface area contributed by atoms with E-state index in [1.165, 1.54) is 12.1 Å². The fraction of sp³-hybridized carbons (Fsp3) is 0. The molecule has 5 heteroatoms. The minimum absolute atomic E-state index is 0.195. The molecule has 4 aromatic rings. The highest BCUT2D eigenvalue weighted by Gasteiger charge is 2.13. The summed E-state index contributed by atoms with van der Waals surface area (Å²) in [5, 5.41) is 39.2. The minimum Gasteiger partial charge on any atom is -0.508 e. The first-order valence-corrected chi connectivity index (χ1v) is 7.59. The lowest BCUT2D eigenvalue weighted by atomic mass is 10.0. The van der Waals surface area contributed by atoms with Gasteiger partial charge in [0.2, 0.25) is 0 Å². The summed E-state index contributed by atoms with van der Waals surface area (Å²) in [6.07, 6.45) is 0. The average molecular weight is 334 g/mol. The fourth-order valence-electron chi connectivity index (χ4n) is 2.80. The molecule has 1 heterocycles. The molecule has 0 fully saturated rings. The lowest BCUT2D eigenvalue weighted by Crippen LogP contribution is -1.77. The van der Waals surface area contributed by atoms with Gasteiger partial charge in [0, 0.05) is 10.9 Å². The van der Waals surface area contributed by atoms with Crippen molar-refractivity contribution in [2.24, 2.45) is 0 Å². The standard InChI is InChI=1S/C20H14O5/c21-15-3-1-2-11(7-15)12-4-5-18-13(6-12)10-19(25-18)14-8-16(22)20(24)17(23)9-14/h1-10,21-24H. The number of hydrogen-bond donors (Lipinski definition) is 4. The summed E-state index contributed by atoms with van der Waals surface area (Å²) in [7, 11) is 0. The third kappa shape index (κ3) is 2.61. The molecule has 1 aromatic heterocycles. The topological polar surface area (TPSA) is 94.1 Å².